The summed E-state index contributed by atoms with van der Waals surface area (Å²) in [5, 5.41) is 2.99. The Balaban J connectivity index is 2.03. The van der Waals surface area contributed by atoms with E-state index >= 15 is 0 Å². The van der Waals surface area contributed by atoms with Crippen LogP contribution < -0.4 is 20.5 Å². The van der Waals surface area contributed by atoms with Gasteiger partial charge in [-0.05, 0) is 12.1 Å². The molecular weight excluding hydrogens is 242 g/mol. The van der Waals surface area contributed by atoms with Crippen LogP contribution in [0, 0.1) is 12.3 Å². The highest BCUT2D eigenvalue weighted by Crippen LogP contribution is 2.32. The average Bonchev–Trinajstić information content (AvgIpc) is 2.63. The van der Waals surface area contributed by atoms with Crippen LogP contribution in [0.4, 0.5) is 5.69 Å². The highest BCUT2D eigenvalue weighted by Gasteiger charge is 2.10. The van der Waals surface area contributed by atoms with Crippen LogP contribution in [0.5, 0.6) is 11.5 Å². The summed E-state index contributed by atoms with van der Waals surface area (Å²) in [5.41, 5.74) is 6.56. The van der Waals surface area contributed by atoms with Gasteiger partial charge in [-0.1, -0.05) is 0 Å². The maximum absolute atomic E-state index is 5.75. The van der Waals surface area contributed by atoms with Gasteiger partial charge in [-0.3, -0.25) is 4.99 Å². The molecule has 0 unspecified atom stereocenters. The normalized spacial score (nSPS) is 14.4. The highest BCUT2D eigenvalue weighted by molar-refractivity contribution is 5.92. The lowest BCUT2D eigenvalue weighted by Crippen LogP contribution is -2.22. The lowest BCUT2D eigenvalue weighted by atomic mass is 10.3. The third-order valence-corrected chi connectivity index (χ3v) is 2.56. The van der Waals surface area contributed by atoms with Gasteiger partial charge >= 0.3 is 0 Å². The maximum atomic E-state index is 5.75. The molecule has 0 saturated heterocycles. The number of terminal acetylenes is 1. The van der Waals surface area contributed by atoms with E-state index in [0.717, 1.165) is 23.6 Å². The van der Waals surface area contributed by atoms with Crippen molar-refractivity contribution in [2.24, 2.45) is 10.7 Å². The number of guanidine groups is 1. The first-order valence-corrected chi connectivity index (χ1v) is 6.19. The molecule has 5 nitrogen and oxygen atoms in total. The van der Waals surface area contributed by atoms with Crippen molar-refractivity contribution in [3.63, 3.8) is 0 Å². The number of nitrogens with two attached hydrogens (primary N) is 1. The maximum Gasteiger partial charge on any atom is 0.193 e. The summed E-state index contributed by atoms with van der Waals surface area (Å²) in [4.78, 5) is 4.11. The molecular formula is C14H17N3O2. The third kappa shape index (κ3) is 3.81. The van der Waals surface area contributed by atoms with E-state index in [-0.39, 0.29) is 0 Å². The van der Waals surface area contributed by atoms with Gasteiger partial charge in [-0.15, -0.1) is 12.3 Å². The Morgan fingerprint density at radius 1 is 1.37 bits per heavy atom. The first kappa shape index (κ1) is 13.1. The number of ether oxygens (including phenoxy) is 2. The zero-order valence-electron chi connectivity index (χ0n) is 10.7. The summed E-state index contributed by atoms with van der Waals surface area (Å²) in [7, 11) is 0. The molecule has 3 N–H and O–H groups in total. The van der Waals surface area contributed by atoms with Crippen LogP contribution in [0.3, 0.4) is 0 Å². The zero-order chi connectivity index (χ0) is 13.5. The smallest absolute Gasteiger partial charge is 0.193 e. The molecule has 0 amide bonds. The molecule has 19 heavy (non-hydrogen) atoms. The van der Waals surface area contributed by atoms with E-state index in [1.165, 1.54) is 0 Å². The molecule has 0 bridgehead atoms. The van der Waals surface area contributed by atoms with Crippen molar-refractivity contribution in [2.75, 3.05) is 25.1 Å². The van der Waals surface area contributed by atoms with Gasteiger partial charge in [-0.2, -0.15) is 0 Å². The van der Waals surface area contributed by atoms with E-state index in [0.29, 0.717) is 32.1 Å². The summed E-state index contributed by atoms with van der Waals surface area (Å²) < 4.78 is 11.1. The molecule has 0 fully saturated rings. The second-order valence-electron chi connectivity index (χ2n) is 4.06. The number of hydrogen-bond acceptors (Lipinski definition) is 3. The van der Waals surface area contributed by atoms with E-state index < -0.39 is 0 Å². The van der Waals surface area contributed by atoms with Crippen molar-refractivity contribution >= 4 is 11.6 Å². The number of aliphatic imine (C=N–C) groups is 1. The number of hydrogen-bond donors (Lipinski definition) is 2. The molecule has 1 heterocycles. The van der Waals surface area contributed by atoms with Crippen LogP contribution in [-0.4, -0.2) is 25.7 Å². The number of fused-ring (bicyclic) bond motifs is 1. The minimum absolute atomic E-state index is 0.338. The highest BCUT2D eigenvalue weighted by atomic mass is 16.5. The van der Waals surface area contributed by atoms with Crippen molar-refractivity contribution in [3.8, 4) is 23.8 Å². The molecule has 1 aliphatic heterocycles. The van der Waals surface area contributed by atoms with Crippen molar-refractivity contribution in [2.45, 2.75) is 12.8 Å². The fraction of sp³-hybridized carbons (Fsp3) is 0.357. The fourth-order valence-electron chi connectivity index (χ4n) is 1.67. The minimum Gasteiger partial charge on any atom is -0.490 e. The first-order valence-electron chi connectivity index (χ1n) is 6.19. The Morgan fingerprint density at radius 3 is 2.95 bits per heavy atom. The van der Waals surface area contributed by atoms with Gasteiger partial charge in [0.2, 0.25) is 0 Å². The Kier molecular flexibility index (Phi) is 4.51. The monoisotopic (exact) mass is 259 g/mol. The average molecular weight is 259 g/mol. The molecule has 0 radical (unpaired) electrons. The standard InChI is InChI=1S/C14H17N3O2/c1-2-3-7-16-14(15)17-11-5-6-12-13(10-11)19-9-4-8-18-12/h1,5-6,10H,3-4,7-9H2,(H3,15,16,17). The molecule has 1 aromatic rings. The van der Waals surface area contributed by atoms with Gasteiger partial charge in [0.25, 0.3) is 0 Å². The van der Waals surface area contributed by atoms with Crippen molar-refractivity contribution in [1.29, 1.82) is 0 Å². The molecule has 0 aromatic heterocycles. The lowest BCUT2D eigenvalue weighted by molar-refractivity contribution is 0.297. The number of nitrogens with zero attached hydrogens (tertiary/aromatic N) is 1. The van der Waals surface area contributed by atoms with Gasteiger partial charge in [0.1, 0.15) is 0 Å². The summed E-state index contributed by atoms with van der Waals surface area (Å²) >= 11 is 0. The molecule has 5 heteroatoms. The van der Waals surface area contributed by atoms with Gasteiger partial charge in [0.05, 0.1) is 19.8 Å². The zero-order valence-corrected chi connectivity index (χ0v) is 10.7. The lowest BCUT2D eigenvalue weighted by Gasteiger charge is -2.10. The summed E-state index contributed by atoms with van der Waals surface area (Å²) in [6.07, 6.45) is 6.60. The van der Waals surface area contributed by atoms with Crippen molar-refractivity contribution in [3.05, 3.63) is 18.2 Å². The second-order valence-corrected chi connectivity index (χ2v) is 4.06. The molecule has 0 aliphatic carbocycles. The van der Waals surface area contributed by atoms with Crippen molar-refractivity contribution < 1.29 is 9.47 Å². The summed E-state index contributed by atoms with van der Waals surface area (Å²) in [6.45, 7) is 1.84. The Labute approximate surface area is 112 Å². The van der Waals surface area contributed by atoms with Crippen LogP contribution in [0.1, 0.15) is 12.8 Å². The third-order valence-electron chi connectivity index (χ3n) is 2.56. The topological polar surface area (TPSA) is 68.9 Å². The summed E-state index contributed by atoms with van der Waals surface area (Å²) in [6, 6.07) is 5.58. The van der Waals surface area contributed by atoms with Crippen LogP contribution in [0.25, 0.3) is 0 Å². The van der Waals surface area contributed by atoms with Crippen LogP contribution in [0.15, 0.2) is 23.2 Å². The van der Waals surface area contributed by atoms with E-state index in [9.17, 15) is 0 Å². The molecule has 1 aliphatic rings. The van der Waals surface area contributed by atoms with Gasteiger partial charge in [0, 0.05) is 24.6 Å². The number of benzene rings is 1. The van der Waals surface area contributed by atoms with E-state index in [4.69, 9.17) is 21.6 Å². The van der Waals surface area contributed by atoms with Gasteiger partial charge in [-0.25, -0.2) is 0 Å². The molecule has 0 spiro atoms. The summed E-state index contributed by atoms with van der Waals surface area (Å²) in [5.74, 6) is 4.32. The predicted molar refractivity (Wildman–Crippen MR) is 75.6 cm³/mol. The quantitative estimate of drug-likeness (QED) is 0.374. The molecule has 0 atom stereocenters. The Morgan fingerprint density at radius 2 is 2.16 bits per heavy atom. The van der Waals surface area contributed by atoms with Crippen LogP contribution in [-0.2, 0) is 0 Å². The molecule has 100 valence electrons. The van der Waals surface area contributed by atoms with E-state index in [1.54, 1.807) is 0 Å². The van der Waals surface area contributed by atoms with Crippen LogP contribution >= 0.6 is 0 Å². The number of rotatable bonds is 3. The van der Waals surface area contributed by atoms with Gasteiger partial charge in [0.15, 0.2) is 17.5 Å². The van der Waals surface area contributed by atoms with Crippen LogP contribution in [0.2, 0.25) is 0 Å². The largest absolute Gasteiger partial charge is 0.490 e. The van der Waals surface area contributed by atoms with E-state index in [2.05, 4.69) is 16.2 Å². The van der Waals surface area contributed by atoms with Gasteiger partial charge < -0.3 is 20.5 Å². The second kappa shape index (κ2) is 6.55. The molecule has 0 saturated carbocycles. The Hall–Kier alpha value is -2.35. The van der Waals surface area contributed by atoms with E-state index in [1.807, 2.05) is 18.2 Å². The molecule has 2 rings (SSSR count). The number of nitrogens with one attached hydrogen (secondary N) is 1. The number of anilines is 1. The molecule has 1 aromatic carbocycles. The fourth-order valence-corrected chi connectivity index (χ4v) is 1.67. The Bertz CT molecular complexity index is 506. The first-order chi connectivity index (χ1) is 9.29. The SMILES string of the molecule is C#CCCN=C(N)Nc1ccc2c(c1)OCCCO2. The minimum atomic E-state index is 0.338. The van der Waals surface area contributed by atoms with Crippen molar-refractivity contribution in [1.82, 2.24) is 0 Å². The predicted octanol–water partition coefficient (Wildman–Crippen LogP) is 1.60.